The van der Waals surface area contributed by atoms with E-state index >= 15 is 0 Å². The lowest BCUT2D eigenvalue weighted by molar-refractivity contribution is 0.151. The monoisotopic (exact) mass is 247 g/mol. The second-order valence-corrected chi connectivity index (χ2v) is 4.11. The Kier molecular flexibility index (Phi) is 2.73. The molecular weight excluding hydrogens is 234 g/mol. The van der Waals surface area contributed by atoms with Crippen LogP contribution < -0.4 is 10.5 Å². The first-order chi connectivity index (χ1) is 8.78. The van der Waals surface area contributed by atoms with Crippen molar-refractivity contribution in [1.82, 2.24) is 10.1 Å². The molecule has 1 aliphatic heterocycles. The van der Waals surface area contributed by atoms with E-state index in [-0.39, 0.29) is 6.04 Å². The number of aromatic nitrogens is 2. The van der Waals surface area contributed by atoms with E-state index < -0.39 is 0 Å². The van der Waals surface area contributed by atoms with Gasteiger partial charge in [0.1, 0.15) is 19.0 Å². The highest BCUT2D eigenvalue weighted by atomic mass is 16.5. The zero-order chi connectivity index (χ0) is 12.5. The van der Waals surface area contributed by atoms with Crippen LogP contribution >= 0.6 is 0 Å². The molecule has 0 amide bonds. The molecule has 6 nitrogen and oxygen atoms in total. The summed E-state index contributed by atoms with van der Waals surface area (Å²) in [6, 6.07) is 5.68. The minimum absolute atomic E-state index is 0.0524. The summed E-state index contributed by atoms with van der Waals surface area (Å²) >= 11 is 0. The minimum Gasteiger partial charge on any atom is -0.491 e. The number of nitrogens with zero attached hydrogens (tertiary/aromatic N) is 2. The number of fused-ring (bicyclic) bond motifs is 1. The molecule has 1 aliphatic rings. The van der Waals surface area contributed by atoms with Crippen molar-refractivity contribution in [2.75, 3.05) is 13.7 Å². The van der Waals surface area contributed by atoms with Gasteiger partial charge in [-0.25, -0.2) is 0 Å². The Morgan fingerprint density at radius 2 is 2.39 bits per heavy atom. The van der Waals surface area contributed by atoms with Crippen molar-refractivity contribution in [2.45, 2.75) is 12.6 Å². The fourth-order valence-corrected chi connectivity index (χ4v) is 1.93. The number of nitrogens with two attached hydrogens (primary N) is 1. The van der Waals surface area contributed by atoms with Crippen LogP contribution in [0.5, 0.6) is 5.75 Å². The molecule has 0 fully saturated rings. The molecule has 0 unspecified atom stereocenters. The first-order valence-corrected chi connectivity index (χ1v) is 5.62. The maximum absolute atomic E-state index is 5.89. The maximum atomic E-state index is 5.89. The van der Waals surface area contributed by atoms with Gasteiger partial charge in [-0.2, -0.15) is 4.98 Å². The molecule has 3 rings (SSSR count). The Morgan fingerprint density at radius 1 is 1.50 bits per heavy atom. The number of benzene rings is 1. The lowest BCUT2D eigenvalue weighted by Crippen LogP contribution is -2.10. The van der Waals surface area contributed by atoms with Crippen molar-refractivity contribution in [3.05, 3.63) is 29.7 Å². The highest BCUT2D eigenvalue weighted by molar-refractivity contribution is 5.60. The molecule has 94 valence electrons. The molecule has 0 spiro atoms. The zero-order valence-corrected chi connectivity index (χ0v) is 9.92. The van der Waals surface area contributed by atoms with Crippen LogP contribution in [0.3, 0.4) is 0 Å². The molecule has 0 radical (unpaired) electrons. The van der Waals surface area contributed by atoms with E-state index in [1.165, 1.54) is 0 Å². The molecule has 0 aliphatic carbocycles. The lowest BCUT2D eigenvalue weighted by Gasteiger charge is -2.01. The van der Waals surface area contributed by atoms with Crippen LogP contribution in [0, 0.1) is 0 Å². The van der Waals surface area contributed by atoms with Gasteiger partial charge in [0.25, 0.3) is 5.89 Å². The van der Waals surface area contributed by atoms with E-state index in [4.69, 9.17) is 19.7 Å². The van der Waals surface area contributed by atoms with E-state index in [1.807, 2.05) is 18.2 Å². The molecule has 1 atom stereocenters. The summed E-state index contributed by atoms with van der Waals surface area (Å²) in [5, 5.41) is 3.90. The van der Waals surface area contributed by atoms with Gasteiger partial charge in [0.2, 0.25) is 5.82 Å². The Morgan fingerprint density at radius 3 is 3.22 bits per heavy atom. The zero-order valence-electron chi connectivity index (χ0n) is 9.92. The van der Waals surface area contributed by atoms with Crippen molar-refractivity contribution in [2.24, 2.45) is 5.73 Å². The van der Waals surface area contributed by atoms with E-state index in [1.54, 1.807) is 7.11 Å². The van der Waals surface area contributed by atoms with E-state index in [2.05, 4.69) is 10.1 Å². The Bertz CT molecular complexity index is 567. The molecule has 1 aromatic carbocycles. The van der Waals surface area contributed by atoms with Crippen LogP contribution in [-0.2, 0) is 11.3 Å². The van der Waals surface area contributed by atoms with Crippen molar-refractivity contribution < 1.29 is 14.0 Å². The highest BCUT2D eigenvalue weighted by Gasteiger charge is 2.21. The van der Waals surface area contributed by atoms with Gasteiger partial charge in [0.15, 0.2) is 0 Å². The lowest BCUT2D eigenvalue weighted by atomic mass is 10.1. The van der Waals surface area contributed by atoms with Gasteiger partial charge >= 0.3 is 0 Å². The molecule has 6 heteroatoms. The molecule has 1 aromatic heterocycles. The average Bonchev–Trinajstić information content (AvgIpc) is 2.97. The number of hydrogen-bond donors (Lipinski definition) is 1. The normalized spacial score (nSPS) is 17.6. The predicted molar refractivity (Wildman–Crippen MR) is 62.9 cm³/mol. The number of methoxy groups -OCH3 is 1. The van der Waals surface area contributed by atoms with Crippen molar-refractivity contribution in [3.63, 3.8) is 0 Å². The second kappa shape index (κ2) is 4.40. The van der Waals surface area contributed by atoms with Gasteiger partial charge < -0.3 is 19.7 Å². The third-order valence-electron chi connectivity index (χ3n) is 2.83. The maximum Gasteiger partial charge on any atom is 0.252 e. The van der Waals surface area contributed by atoms with Crippen LogP contribution in [-0.4, -0.2) is 23.9 Å². The number of rotatable bonds is 3. The van der Waals surface area contributed by atoms with Gasteiger partial charge in [-0.1, -0.05) is 17.3 Å². The second-order valence-electron chi connectivity index (χ2n) is 4.11. The van der Waals surface area contributed by atoms with Gasteiger partial charge in [0.05, 0.1) is 6.04 Å². The van der Waals surface area contributed by atoms with Gasteiger partial charge in [-0.05, 0) is 6.07 Å². The topological polar surface area (TPSA) is 83.4 Å². The minimum atomic E-state index is -0.0524. The molecule has 18 heavy (non-hydrogen) atoms. The highest BCUT2D eigenvalue weighted by Crippen LogP contribution is 2.33. The third-order valence-corrected chi connectivity index (χ3v) is 2.83. The molecule has 2 heterocycles. The quantitative estimate of drug-likeness (QED) is 0.879. The Labute approximate surface area is 104 Å². The molecule has 2 aromatic rings. The molecule has 0 saturated carbocycles. The largest absolute Gasteiger partial charge is 0.491 e. The summed E-state index contributed by atoms with van der Waals surface area (Å²) < 4.78 is 15.5. The van der Waals surface area contributed by atoms with Crippen molar-refractivity contribution in [1.29, 1.82) is 0 Å². The molecule has 0 saturated heterocycles. The van der Waals surface area contributed by atoms with Crippen molar-refractivity contribution in [3.8, 4) is 17.1 Å². The fraction of sp³-hybridized carbons (Fsp3) is 0.333. The summed E-state index contributed by atoms with van der Waals surface area (Å²) in [7, 11) is 1.58. The van der Waals surface area contributed by atoms with Gasteiger partial charge in [0, 0.05) is 18.2 Å². The van der Waals surface area contributed by atoms with Crippen LogP contribution in [0.2, 0.25) is 0 Å². The van der Waals surface area contributed by atoms with Crippen LogP contribution in [0.1, 0.15) is 17.5 Å². The summed E-state index contributed by atoms with van der Waals surface area (Å²) in [6.07, 6.45) is 0. The smallest absolute Gasteiger partial charge is 0.252 e. The summed E-state index contributed by atoms with van der Waals surface area (Å²) in [6.45, 7) is 0.819. The predicted octanol–water partition coefficient (Wildman–Crippen LogP) is 1.28. The Hall–Kier alpha value is -1.92. The molecule has 2 N–H and O–H groups in total. The third kappa shape index (κ3) is 1.85. The fourth-order valence-electron chi connectivity index (χ4n) is 1.93. The van der Waals surface area contributed by atoms with E-state index in [0.29, 0.717) is 24.9 Å². The van der Waals surface area contributed by atoms with Gasteiger partial charge in [-0.15, -0.1) is 0 Å². The Balaban J connectivity index is 1.92. The summed E-state index contributed by atoms with van der Waals surface area (Å²) in [5.74, 6) is 1.76. The SMILES string of the molecule is COCc1nc(-c2ccc3c(c2)OC[C@H]3N)no1. The van der Waals surface area contributed by atoms with E-state index in [0.717, 1.165) is 16.9 Å². The first-order valence-electron chi connectivity index (χ1n) is 5.62. The van der Waals surface area contributed by atoms with Gasteiger partial charge in [-0.3, -0.25) is 0 Å². The summed E-state index contributed by atoms with van der Waals surface area (Å²) in [5.41, 5.74) is 7.74. The first kappa shape index (κ1) is 11.2. The summed E-state index contributed by atoms with van der Waals surface area (Å²) in [4.78, 5) is 4.23. The molecule has 0 bridgehead atoms. The number of ether oxygens (including phenoxy) is 2. The standard InChI is InChI=1S/C12H13N3O3/c1-16-6-11-14-12(15-18-11)7-2-3-8-9(13)5-17-10(8)4-7/h2-4,9H,5-6,13H2,1H3/t9-/m1/s1. The average molecular weight is 247 g/mol. The molecular formula is C12H13N3O3. The van der Waals surface area contributed by atoms with E-state index in [9.17, 15) is 0 Å². The van der Waals surface area contributed by atoms with Crippen LogP contribution in [0.15, 0.2) is 22.7 Å². The number of hydrogen-bond acceptors (Lipinski definition) is 6. The van der Waals surface area contributed by atoms with Crippen molar-refractivity contribution >= 4 is 0 Å². The van der Waals surface area contributed by atoms with Crippen LogP contribution in [0.4, 0.5) is 0 Å². The van der Waals surface area contributed by atoms with Crippen LogP contribution in [0.25, 0.3) is 11.4 Å².